The summed E-state index contributed by atoms with van der Waals surface area (Å²) in [6.45, 7) is 0.933. The average Bonchev–Trinajstić information content (AvgIpc) is 3.46. The molecule has 1 unspecified atom stereocenters. The van der Waals surface area contributed by atoms with Crippen molar-refractivity contribution in [3.05, 3.63) is 36.7 Å². The van der Waals surface area contributed by atoms with Crippen LogP contribution in [-0.4, -0.2) is 37.9 Å². The zero-order chi connectivity index (χ0) is 21.8. The minimum absolute atomic E-state index is 0.325. The molecule has 31 heavy (non-hydrogen) atoms. The van der Waals surface area contributed by atoms with Gasteiger partial charge in [0, 0.05) is 54.4 Å². The lowest BCUT2D eigenvalue weighted by Crippen LogP contribution is -2.20. The molecule has 0 aliphatic heterocycles. The van der Waals surface area contributed by atoms with Gasteiger partial charge < -0.3 is 14.6 Å². The molecule has 2 aliphatic carbocycles. The number of sulfone groups is 1. The fourth-order valence-electron chi connectivity index (χ4n) is 5.68. The standard InChI is InChI=1S/C24H29N3O3S/c1-27-14-21(19-8-9-25-24(30-2)23(19)27)20-12-18(31(3,28)29)6-7-22(20)26-13-17-11-15-4-5-16(17)10-15/h6-9,12,14-17,26H,4-5,10-11,13H2,1-3H3/t15-,16-,17?/m0/s1. The molecule has 2 bridgehead atoms. The fraction of sp³-hybridized carbons (Fsp3) is 0.458. The van der Waals surface area contributed by atoms with Crippen LogP contribution in [0.25, 0.3) is 22.0 Å². The van der Waals surface area contributed by atoms with Crippen molar-refractivity contribution >= 4 is 26.4 Å². The Bertz CT molecular complexity index is 1250. The van der Waals surface area contributed by atoms with Crippen molar-refractivity contribution in [3.8, 4) is 17.0 Å². The van der Waals surface area contributed by atoms with E-state index in [0.717, 1.165) is 46.1 Å². The highest BCUT2D eigenvalue weighted by Crippen LogP contribution is 2.48. The van der Waals surface area contributed by atoms with Crippen LogP contribution in [0.2, 0.25) is 0 Å². The van der Waals surface area contributed by atoms with E-state index in [-0.39, 0.29) is 0 Å². The highest BCUT2D eigenvalue weighted by atomic mass is 32.2. The summed E-state index contributed by atoms with van der Waals surface area (Å²) in [6, 6.07) is 7.37. The molecule has 2 heterocycles. The van der Waals surface area contributed by atoms with E-state index < -0.39 is 9.84 Å². The Balaban J connectivity index is 1.58. The maximum Gasteiger partial charge on any atom is 0.238 e. The number of hydrogen-bond donors (Lipinski definition) is 1. The van der Waals surface area contributed by atoms with Crippen molar-refractivity contribution in [3.63, 3.8) is 0 Å². The second-order valence-corrected chi connectivity index (χ2v) is 11.2. The molecular weight excluding hydrogens is 410 g/mol. The Morgan fingerprint density at radius 3 is 2.71 bits per heavy atom. The Kier molecular flexibility index (Phi) is 4.96. The predicted molar refractivity (Wildman–Crippen MR) is 123 cm³/mol. The number of nitrogens with one attached hydrogen (secondary N) is 1. The van der Waals surface area contributed by atoms with Gasteiger partial charge in [-0.05, 0) is 61.3 Å². The zero-order valence-electron chi connectivity index (χ0n) is 18.3. The highest BCUT2D eigenvalue weighted by molar-refractivity contribution is 7.90. The second kappa shape index (κ2) is 7.55. The smallest absolute Gasteiger partial charge is 0.238 e. The zero-order valence-corrected chi connectivity index (χ0v) is 19.1. The molecular formula is C24H29N3O3S. The van der Waals surface area contributed by atoms with Crippen LogP contribution in [0.5, 0.6) is 5.88 Å². The maximum atomic E-state index is 12.3. The summed E-state index contributed by atoms with van der Waals surface area (Å²) in [5.41, 5.74) is 3.73. The molecule has 1 aromatic carbocycles. The summed E-state index contributed by atoms with van der Waals surface area (Å²) < 4.78 is 32.0. The lowest BCUT2D eigenvalue weighted by atomic mass is 9.88. The number of aryl methyl sites for hydroxylation is 1. The second-order valence-electron chi connectivity index (χ2n) is 9.17. The summed E-state index contributed by atoms with van der Waals surface area (Å²) >= 11 is 0. The number of anilines is 1. The average molecular weight is 440 g/mol. The lowest BCUT2D eigenvalue weighted by molar-refractivity contribution is 0.348. The van der Waals surface area contributed by atoms with E-state index in [1.165, 1.54) is 31.9 Å². The number of ether oxygens (including phenoxy) is 1. The van der Waals surface area contributed by atoms with Crippen LogP contribution in [0.3, 0.4) is 0 Å². The molecule has 2 fully saturated rings. The molecule has 3 aromatic rings. The van der Waals surface area contributed by atoms with E-state index in [0.29, 0.717) is 16.7 Å². The van der Waals surface area contributed by atoms with Crippen molar-refractivity contribution in [1.82, 2.24) is 9.55 Å². The van der Waals surface area contributed by atoms with Gasteiger partial charge in [-0.25, -0.2) is 13.4 Å². The number of pyridine rings is 1. The number of benzene rings is 1. The van der Waals surface area contributed by atoms with E-state index >= 15 is 0 Å². The molecule has 2 saturated carbocycles. The first-order chi connectivity index (χ1) is 14.8. The van der Waals surface area contributed by atoms with Crippen LogP contribution in [0.15, 0.2) is 41.6 Å². The summed E-state index contributed by atoms with van der Waals surface area (Å²) in [5, 5.41) is 4.66. The van der Waals surface area contributed by atoms with E-state index in [9.17, 15) is 8.42 Å². The van der Waals surface area contributed by atoms with Gasteiger partial charge in [-0.15, -0.1) is 0 Å². The first kappa shape index (κ1) is 20.4. The van der Waals surface area contributed by atoms with Crippen LogP contribution in [0.1, 0.15) is 25.7 Å². The topological polar surface area (TPSA) is 73.2 Å². The summed E-state index contributed by atoms with van der Waals surface area (Å²) in [4.78, 5) is 4.65. The van der Waals surface area contributed by atoms with E-state index in [4.69, 9.17) is 4.74 Å². The van der Waals surface area contributed by atoms with Crippen LogP contribution in [0, 0.1) is 17.8 Å². The van der Waals surface area contributed by atoms with E-state index in [1.807, 2.05) is 29.9 Å². The third-order valence-corrected chi connectivity index (χ3v) is 8.31. The van der Waals surface area contributed by atoms with E-state index in [1.54, 1.807) is 25.4 Å². The van der Waals surface area contributed by atoms with Crippen LogP contribution in [-0.2, 0) is 16.9 Å². The minimum Gasteiger partial charge on any atom is -0.479 e. The number of aromatic nitrogens is 2. The molecule has 2 aliphatic rings. The largest absolute Gasteiger partial charge is 0.479 e. The van der Waals surface area contributed by atoms with Gasteiger partial charge >= 0.3 is 0 Å². The molecule has 1 N–H and O–H groups in total. The molecule has 164 valence electrons. The van der Waals surface area contributed by atoms with Gasteiger partial charge in [-0.3, -0.25) is 0 Å². The molecule has 6 nitrogen and oxygen atoms in total. The molecule has 2 aromatic heterocycles. The third-order valence-electron chi connectivity index (χ3n) is 7.20. The van der Waals surface area contributed by atoms with Crippen molar-refractivity contribution < 1.29 is 13.2 Å². The monoisotopic (exact) mass is 439 g/mol. The Hall–Kier alpha value is -2.54. The fourth-order valence-corrected chi connectivity index (χ4v) is 6.33. The first-order valence-corrected chi connectivity index (χ1v) is 12.8. The summed E-state index contributed by atoms with van der Waals surface area (Å²) in [7, 11) is 0.251. The lowest BCUT2D eigenvalue weighted by Gasteiger charge is -2.23. The normalized spacial score (nSPS) is 22.9. The third kappa shape index (κ3) is 3.59. The van der Waals surface area contributed by atoms with Crippen molar-refractivity contribution in [2.75, 3.05) is 25.2 Å². The Morgan fingerprint density at radius 2 is 2.03 bits per heavy atom. The number of fused-ring (bicyclic) bond motifs is 3. The minimum atomic E-state index is -3.32. The van der Waals surface area contributed by atoms with Gasteiger partial charge in [0.2, 0.25) is 5.88 Å². The molecule has 3 atom stereocenters. The number of hydrogen-bond acceptors (Lipinski definition) is 5. The number of methoxy groups -OCH3 is 1. The van der Waals surface area contributed by atoms with Gasteiger partial charge in [0.1, 0.15) is 5.52 Å². The maximum absolute atomic E-state index is 12.3. The van der Waals surface area contributed by atoms with Crippen LogP contribution >= 0.6 is 0 Å². The molecule has 0 radical (unpaired) electrons. The molecule has 0 amide bonds. The molecule has 0 spiro atoms. The van der Waals surface area contributed by atoms with Gasteiger partial charge in [-0.1, -0.05) is 6.42 Å². The van der Waals surface area contributed by atoms with Gasteiger partial charge in [0.15, 0.2) is 9.84 Å². The molecule has 7 heteroatoms. The number of rotatable bonds is 6. The van der Waals surface area contributed by atoms with Gasteiger partial charge in [0.05, 0.1) is 12.0 Å². The van der Waals surface area contributed by atoms with Crippen molar-refractivity contribution in [2.24, 2.45) is 24.8 Å². The van der Waals surface area contributed by atoms with Crippen LogP contribution < -0.4 is 10.1 Å². The molecule has 5 rings (SSSR count). The summed E-state index contributed by atoms with van der Waals surface area (Å²) in [5.74, 6) is 3.01. The highest BCUT2D eigenvalue weighted by Gasteiger charge is 2.39. The van der Waals surface area contributed by atoms with Gasteiger partial charge in [0.25, 0.3) is 0 Å². The molecule has 0 saturated heterocycles. The quantitative estimate of drug-likeness (QED) is 0.612. The Labute approximate surface area is 183 Å². The summed E-state index contributed by atoms with van der Waals surface area (Å²) in [6.07, 6.45) is 10.4. The van der Waals surface area contributed by atoms with Gasteiger partial charge in [-0.2, -0.15) is 0 Å². The van der Waals surface area contributed by atoms with Crippen molar-refractivity contribution in [2.45, 2.75) is 30.6 Å². The van der Waals surface area contributed by atoms with Crippen molar-refractivity contribution in [1.29, 1.82) is 0 Å². The SMILES string of the molecule is COc1nccc2c(-c3cc(S(C)(=O)=O)ccc3NCC3C[C@H]4CC[C@H]3C4)cn(C)c12. The first-order valence-electron chi connectivity index (χ1n) is 10.9. The van der Waals surface area contributed by atoms with Crippen LogP contribution in [0.4, 0.5) is 5.69 Å². The predicted octanol–water partition coefficient (Wildman–Crippen LogP) is 4.50. The Morgan fingerprint density at radius 1 is 1.19 bits per heavy atom. The number of nitrogens with zero attached hydrogens (tertiary/aromatic N) is 2. The van der Waals surface area contributed by atoms with E-state index in [2.05, 4.69) is 10.3 Å².